The van der Waals surface area contributed by atoms with Crippen molar-refractivity contribution in [1.29, 1.82) is 0 Å². The molecule has 0 radical (unpaired) electrons. The number of benzene rings is 2. The molecule has 0 spiro atoms. The smallest absolute Gasteiger partial charge is 0.207 e. The number of phenolic OH excluding ortho intramolecular Hbond substituents is 1. The number of rotatable bonds is 8. The van der Waals surface area contributed by atoms with E-state index in [1.165, 1.54) is 18.2 Å². The van der Waals surface area contributed by atoms with Crippen LogP contribution >= 0.6 is 0 Å². The second kappa shape index (κ2) is 12.9. The second-order valence-electron chi connectivity index (χ2n) is 13.2. The summed E-state index contributed by atoms with van der Waals surface area (Å²) >= 11 is 0. The molecule has 8 unspecified atom stereocenters. The van der Waals surface area contributed by atoms with E-state index in [2.05, 4.69) is 28.9 Å². The molecule has 248 valence electrons. The Kier molecular flexibility index (Phi) is 9.24. The molecule has 4 aliphatic rings. The fourth-order valence-electron chi connectivity index (χ4n) is 8.31. The third-order valence-electron chi connectivity index (χ3n) is 10.9. The summed E-state index contributed by atoms with van der Waals surface area (Å²) in [4.78, 5) is 4.64. The van der Waals surface area contributed by atoms with Crippen molar-refractivity contribution in [2.75, 3.05) is 54.1 Å². The van der Waals surface area contributed by atoms with Crippen LogP contribution in [0.25, 0.3) is 0 Å². The van der Waals surface area contributed by atoms with Crippen molar-refractivity contribution in [2.45, 2.75) is 75.2 Å². The number of ether oxygens (including phenoxy) is 4. The molecule has 2 aromatic carbocycles. The average molecular weight is 629 g/mol. The molecule has 5 N–H and O–H groups in total. The predicted molar refractivity (Wildman–Crippen MR) is 166 cm³/mol. The van der Waals surface area contributed by atoms with Crippen molar-refractivity contribution in [1.82, 2.24) is 9.80 Å². The summed E-state index contributed by atoms with van der Waals surface area (Å²) in [6.07, 6.45) is -0.329. The van der Waals surface area contributed by atoms with E-state index in [1.54, 1.807) is 20.3 Å². The zero-order chi connectivity index (χ0) is 32.0. The van der Waals surface area contributed by atoms with Gasteiger partial charge in [0.2, 0.25) is 5.79 Å². The maximum Gasteiger partial charge on any atom is 0.207 e. The first-order chi connectivity index (χ1) is 21.6. The summed E-state index contributed by atoms with van der Waals surface area (Å²) < 4.78 is 22.4. The Morgan fingerprint density at radius 1 is 0.933 bits per heavy atom. The van der Waals surface area contributed by atoms with Gasteiger partial charge in [-0.15, -0.1) is 0 Å². The summed E-state index contributed by atoms with van der Waals surface area (Å²) in [5.41, 5.74) is 4.33. The molecule has 0 bridgehead atoms. The lowest BCUT2D eigenvalue weighted by molar-refractivity contribution is -0.326. The van der Waals surface area contributed by atoms with Crippen molar-refractivity contribution >= 4 is 0 Å². The highest BCUT2D eigenvalue weighted by Gasteiger charge is 2.51. The summed E-state index contributed by atoms with van der Waals surface area (Å²) in [5.74, 6) is 0.541. The van der Waals surface area contributed by atoms with Crippen LogP contribution in [0.3, 0.4) is 0 Å². The predicted octanol–water partition coefficient (Wildman–Crippen LogP) is 2.15. The topological polar surface area (TPSA) is 145 Å². The Morgan fingerprint density at radius 3 is 2.36 bits per heavy atom. The number of nitrogens with zero attached hydrogens (tertiary/aromatic N) is 2. The third kappa shape index (κ3) is 5.77. The minimum atomic E-state index is -2.09. The standard InChI is InChI=1S/C34H48N2O9/c1-5-19-16-35-10-9-21-14-28(43-3)29(44-4)15-23(21)24(35)12-22(19)13-25-30-20(6-7-27(42-2)32(30)39)8-11-36(25)18-34(41)33(40)31(38)26(37)17-45-34/h6-7,14-15,19,22,24-26,31,33,37-41H,5,8-13,16-18H2,1-4H3. The number of aliphatic hydroxyl groups is 4. The van der Waals surface area contributed by atoms with Gasteiger partial charge in [0.25, 0.3) is 0 Å². The molecular formula is C34H48N2O9. The van der Waals surface area contributed by atoms with Crippen molar-refractivity contribution in [2.24, 2.45) is 11.8 Å². The van der Waals surface area contributed by atoms with E-state index in [0.29, 0.717) is 31.1 Å². The average Bonchev–Trinajstić information content (AvgIpc) is 3.05. The van der Waals surface area contributed by atoms with E-state index >= 15 is 0 Å². The van der Waals surface area contributed by atoms with Gasteiger partial charge in [-0.25, -0.2) is 0 Å². The molecule has 4 heterocycles. The molecule has 2 fully saturated rings. The monoisotopic (exact) mass is 628 g/mol. The highest BCUT2D eigenvalue weighted by molar-refractivity contribution is 5.53. The summed E-state index contributed by atoms with van der Waals surface area (Å²) in [7, 11) is 4.86. The Balaban J connectivity index is 1.35. The molecule has 11 heteroatoms. The number of fused-ring (bicyclic) bond motifs is 4. The van der Waals surface area contributed by atoms with Gasteiger partial charge < -0.3 is 44.5 Å². The normalized spacial score (nSPS) is 33.6. The fourth-order valence-corrected chi connectivity index (χ4v) is 8.31. The van der Waals surface area contributed by atoms with Gasteiger partial charge in [0, 0.05) is 37.3 Å². The van der Waals surface area contributed by atoms with E-state index in [4.69, 9.17) is 18.9 Å². The number of β-amino-alcohol motifs (C(OH)–C–C–N with tert-alkyl or cyclic N) is 1. The minimum Gasteiger partial charge on any atom is -0.504 e. The number of phenols is 1. The lowest BCUT2D eigenvalue weighted by Gasteiger charge is -2.50. The molecule has 0 aromatic heterocycles. The van der Waals surface area contributed by atoms with Gasteiger partial charge in [0.05, 0.1) is 34.5 Å². The maximum absolute atomic E-state index is 11.5. The van der Waals surface area contributed by atoms with E-state index in [9.17, 15) is 25.5 Å². The SMILES string of the molecule is CCC1CN2CCc3cc(OC)c(OC)cc3C2CC1CC1c2c(ccc(OC)c2O)CCN1CC1(O)OCC(O)C(O)C1O. The van der Waals surface area contributed by atoms with Crippen LogP contribution in [-0.2, 0) is 17.6 Å². The van der Waals surface area contributed by atoms with Crippen molar-refractivity contribution in [3.8, 4) is 23.0 Å². The van der Waals surface area contributed by atoms with Gasteiger partial charge in [-0.2, -0.15) is 0 Å². The van der Waals surface area contributed by atoms with Gasteiger partial charge in [-0.05, 0) is 72.4 Å². The van der Waals surface area contributed by atoms with E-state index < -0.39 is 24.1 Å². The number of hydrogen-bond acceptors (Lipinski definition) is 11. The molecule has 11 nitrogen and oxygen atoms in total. The van der Waals surface area contributed by atoms with Crippen LogP contribution < -0.4 is 14.2 Å². The molecular weight excluding hydrogens is 580 g/mol. The first kappa shape index (κ1) is 32.3. The van der Waals surface area contributed by atoms with Crippen LogP contribution in [-0.4, -0.2) is 114 Å². The summed E-state index contributed by atoms with van der Waals surface area (Å²) in [5, 5.41) is 54.2. The van der Waals surface area contributed by atoms with E-state index in [-0.39, 0.29) is 36.9 Å². The van der Waals surface area contributed by atoms with Crippen molar-refractivity contribution in [3.63, 3.8) is 0 Å². The number of aliphatic hydroxyl groups excluding tert-OH is 3. The molecule has 45 heavy (non-hydrogen) atoms. The van der Waals surface area contributed by atoms with Crippen molar-refractivity contribution < 1.29 is 44.5 Å². The molecule has 6 rings (SSSR count). The lowest BCUT2D eigenvalue weighted by atomic mass is 9.72. The minimum absolute atomic E-state index is 0.0857. The second-order valence-corrected chi connectivity index (χ2v) is 13.2. The first-order valence-electron chi connectivity index (χ1n) is 16.1. The van der Waals surface area contributed by atoms with Crippen LogP contribution in [0.2, 0.25) is 0 Å². The molecule has 8 atom stereocenters. The fraction of sp³-hybridized carbons (Fsp3) is 0.647. The molecule has 4 aliphatic heterocycles. The maximum atomic E-state index is 11.5. The van der Waals surface area contributed by atoms with Crippen LogP contribution in [0.4, 0.5) is 0 Å². The van der Waals surface area contributed by atoms with Gasteiger partial charge in [-0.1, -0.05) is 19.4 Å². The highest BCUT2D eigenvalue weighted by Crippen LogP contribution is 2.50. The van der Waals surface area contributed by atoms with Gasteiger partial charge in [-0.3, -0.25) is 9.80 Å². The Bertz CT molecular complexity index is 1370. The van der Waals surface area contributed by atoms with Crippen LogP contribution in [0.15, 0.2) is 24.3 Å². The molecule has 0 amide bonds. The zero-order valence-electron chi connectivity index (χ0n) is 26.7. The summed E-state index contributed by atoms with van der Waals surface area (Å²) in [6, 6.07) is 7.92. The number of piperidine rings is 1. The van der Waals surface area contributed by atoms with Gasteiger partial charge in [0.1, 0.15) is 18.3 Å². The first-order valence-corrected chi connectivity index (χ1v) is 16.1. The number of hydrogen-bond donors (Lipinski definition) is 5. The molecule has 0 saturated carbocycles. The van der Waals surface area contributed by atoms with E-state index in [1.807, 2.05) is 6.07 Å². The number of aromatic hydroxyl groups is 1. The van der Waals surface area contributed by atoms with Crippen LogP contribution in [0.5, 0.6) is 23.0 Å². The van der Waals surface area contributed by atoms with Crippen LogP contribution in [0.1, 0.15) is 60.5 Å². The van der Waals surface area contributed by atoms with Crippen molar-refractivity contribution in [3.05, 3.63) is 46.5 Å². The van der Waals surface area contributed by atoms with Gasteiger partial charge >= 0.3 is 0 Å². The molecule has 2 saturated heterocycles. The van der Waals surface area contributed by atoms with E-state index in [0.717, 1.165) is 55.0 Å². The third-order valence-corrected chi connectivity index (χ3v) is 10.9. The largest absolute Gasteiger partial charge is 0.504 e. The van der Waals surface area contributed by atoms with Gasteiger partial charge in [0.15, 0.2) is 23.0 Å². The summed E-state index contributed by atoms with van der Waals surface area (Å²) in [6.45, 7) is 4.33. The Labute approximate surface area is 264 Å². The lowest BCUT2D eigenvalue weighted by Crippen LogP contribution is -2.65. The highest BCUT2D eigenvalue weighted by atomic mass is 16.6. The van der Waals surface area contributed by atoms with Crippen LogP contribution in [0, 0.1) is 11.8 Å². The molecule has 0 aliphatic carbocycles. The quantitative estimate of drug-likeness (QED) is 0.293. The zero-order valence-corrected chi connectivity index (χ0v) is 26.7. The number of methoxy groups -OCH3 is 3. The Hall–Kier alpha value is -2.64. The Morgan fingerprint density at radius 2 is 1.64 bits per heavy atom. The molecule has 2 aromatic rings.